The van der Waals surface area contributed by atoms with E-state index in [2.05, 4.69) is 5.16 Å². The van der Waals surface area contributed by atoms with Crippen molar-refractivity contribution >= 4 is 28.3 Å². The zero-order valence-corrected chi connectivity index (χ0v) is 19.4. The van der Waals surface area contributed by atoms with Gasteiger partial charge in [0.15, 0.2) is 11.6 Å². The van der Waals surface area contributed by atoms with Gasteiger partial charge in [0.2, 0.25) is 5.43 Å². The summed E-state index contributed by atoms with van der Waals surface area (Å²) in [5.41, 5.74) is 0.456. The molecule has 0 unspecified atom stereocenters. The summed E-state index contributed by atoms with van der Waals surface area (Å²) < 4.78 is 36.2. The summed E-state index contributed by atoms with van der Waals surface area (Å²) in [6.07, 6.45) is 1.30. The Bertz CT molecular complexity index is 1430. The highest BCUT2D eigenvalue weighted by atomic mass is 19.1. The van der Waals surface area contributed by atoms with Gasteiger partial charge in [-0.05, 0) is 25.1 Å². The second-order valence-electron chi connectivity index (χ2n) is 8.99. The Balaban J connectivity index is 1.43. The summed E-state index contributed by atoms with van der Waals surface area (Å²) in [7, 11) is 0. The number of halogens is 2. The number of benzene rings is 2. The molecule has 36 heavy (non-hydrogen) atoms. The largest absolute Gasteiger partial charge is 0.487 e. The molecule has 1 fully saturated rings. The quantitative estimate of drug-likeness (QED) is 0.316. The second kappa shape index (κ2) is 9.23. The number of piperazine rings is 1. The van der Waals surface area contributed by atoms with E-state index in [0.29, 0.717) is 49.5 Å². The van der Waals surface area contributed by atoms with Crippen molar-refractivity contribution in [1.29, 1.82) is 0 Å². The minimum Gasteiger partial charge on any atom is -0.487 e. The van der Waals surface area contributed by atoms with Gasteiger partial charge in [-0.2, -0.15) is 0 Å². The van der Waals surface area contributed by atoms with Crippen LogP contribution in [0.4, 0.5) is 14.5 Å². The number of rotatable bonds is 5. The van der Waals surface area contributed by atoms with Crippen molar-refractivity contribution in [2.45, 2.75) is 13.0 Å². The maximum Gasteiger partial charge on any atom is 0.341 e. The Morgan fingerprint density at radius 1 is 1.17 bits per heavy atom. The third kappa shape index (κ3) is 4.05. The topological polar surface area (TPSA) is 108 Å². The van der Waals surface area contributed by atoms with Gasteiger partial charge in [-0.3, -0.25) is 9.69 Å². The van der Waals surface area contributed by atoms with Gasteiger partial charge in [-0.15, -0.1) is 0 Å². The third-order valence-electron chi connectivity index (χ3n) is 6.73. The van der Waals surface area contributed by atoms with E-state index in [9.17, 15) is 24.3 Å². The number of aromatic nitrogens is 1. The van der Waals surface area contributed by atoms with E-state index < -0.39 is 22.8 Å². The van der Waals surface area contributed by atoms with E-state index >= 15 is 4.39 Å². The van der Waals surface area contributed by atoms with Crippen LogP contribution >= 0.6 is 0 Å². The highest BCUT2D eigenvalue weighted by Gasteiger charge is 2.31. The van der Waals surface area contributed by atoms with E-state index in [1.165, 1.54) is 18.3 Å². The molecule has 2 N–H and O–H groups in total. The van der Waals surface area contributed by atoms with E-state index in [1.807, 2.05) is 16.7 Å². The van der Waals surface area contributed by atoms with Crippen molar-refractivity contribution in [3.8, 4) is 5.75 Å². The number of carboxylic acid groups (broad SMARTS) is 1. The highest BCUT2D eigenvalue weighted by Crippen LogP contribution is 2.42. The highest BCUT2D eigenvalue weighted by molar-refractivity contribution is 6.01. The lowest BCUT2D eigenvalue weighted by atomic mass is 10.1. The van der Waals surface area contributed by atoms with Gasteiger partial charge in [0.1, 0.15) is 29.4 Å². The number of hydrogen-bond donors (Lipinski definition) is 2. The Kier molecular flexibility index (Phi) is 6.09. The molecular formula is C25H24F2N4O5. The molecule has 1 atom stereocenters. The molecular weight excluding hydrogens is 474 g/mol. The molecule has 0 bridgehead atoms. The summed E-state index contributed by atoms with van der Waals surface area (Å²) in [5.74, 6) is -2.17. The maximum atomic E-state index is 15.4. The predicted molar refractivity (Wildman–Crippen MR) is 129 cm³/mol. The molecule has 3 aromatic rings. The summed E-state index contributed by atoms with van der Waals surface area (Å²) in [6, 6.07) is 6.54. The van der Waals surface area contributed by atoms with Gasteiger partial charge >= 0.3 is 5.97 Å². The van der Waals surface area contributed by atoms with Gasteiger partial charge in [0.25, 0.3) is 0 Å². The Morgan fingerprint density at radius 3 is 2.50 bits per heavy atom. The van der Waals surface area contributed by atoms with Crippen molar-refractivity contribution in [2.24, 2.45) is 5.16 Å². The average molecular weight is 498 g/mol. The molecule has 5 rings (SSSR count). The van der Waals surface area contributed by atoms with Crippen molar-refractivity contribution < 1.29 is 28.6 Å². The Morgan fingerprint density at radius 2 is 1.86 bits per heavy atom. The molecule has 2 aliphatic heterocycles. The fourth-order valence-electron chi connectivity index (χ4n) is 4.82. The number of aromatic carboxylic acids is 1. The van der Waals surface area contributed by atoms with Gasteiger partial charge in [0.05, 0.1) is 16.9 Å². The zero-order valence-electron chi connectivity index (χ0n) is 19.4. The number of ether oxygens (including phenoxy) is 1. The summed E-state index contributed by atoms with van der Waals surface area (Å²) in [5, 5.41) is 22.3. The lowest BCUT2D eigenvalue weighted by molar-refractivity contribution is 0.0694. The molecule has 0 radical (unpaired) electrons. The van der Waals surface area contributed by atoms with Crippen molar-refractivity contribution in [3.05, 3.63) is 69.5 Å². The van der Waals surface area contributed by atoms with Crippen molar-refractivity contribution in [3.63, 3.8) is 0 Å². The van der Waals surface area contributed by atoms with Crippen LogP contribution in [0.2, 0.25) is 0 Å². The smallest absolute Gasteiger partial charge is 0.341 e. The van der Waals surface area contributed by atoms with Crippen LogP contribution in [0.1, 0.15) is 28.9 Å². The standard InChI is InChI=1S/C25H24F2N4O5/c1-14-13-36-24-21-17(23(32)18(25(33)34)11-31(14)21)10-19(27)22(24)30-8-6-29(7-9-30)12-20(28-35)15-2-4-16(26)5-3-15/h2-5,10-11,14,35H,6-9,12-13H2,1H3,(H,33,34)/b28-20-/t14-/m0/s1. The number of anilines is 1. The first kappa shape index (κ1) is 23.7. The Hall–Kier alpha value is -3.99. The normalized spacial score (nSPS) is 18.4. The minimum absolute atomic E-state index is 0.0283. The Labute approximate surface area is 204 Å². The molecule has 0 aliphatic carbocycles. The molecule has 11 heteroatoms. The van der Waals surface area contributed by atoms with Crippen LogP contribution in [0.15, 0.2) is 46.5 Å². The maximum absolute atomic E-state index is 15.4. The van der Waals surface area contributed by atoms with E-state index in [0.717, 1.165) is 6.07 Å². The van der Waals surface area contributed by atoms with Crippen LogP contribution in [-0.2, 0) is 0 Å². The van der Waals surface area contributed by atoms with Crippen LogP contribution in [0.25, 0.3) is 10.9 Å². The van der Waals surface area contributed by atoms with Gasteiger partial charge in [-0.25, -0.2) is 13.6 Å². The predicted octanol–water partition coefficient (Wildman–Crippen LogP) is 2.93. The molecule has 1 aromatic heterocycles. The molecule has 1 saturated heterocycles. The van der Waals surface area contributed by atoms with E-state index in [-0.39, 0.29) is 35.3 Å². The lowest BCUT2D eigenvalue weighted by Crippen LogP contribution is -2.48. The van der Waals surface area contributed by atoms with Crippen LogP contribution in [0.5, 0.6) is 5.75 Å². The number of nitrogens with zero attached hydrogens (tertiary/aromatic N) is 4. The van der Waals surface area contributed by atoms with Crippen LogP contribution in [0, 0.1) is 11.6 Å². The number of oxime groups is 1. The summed E-state index contributed by atoms with van der Waals surface area (Å²) >= 11 is 0. The molecule has 188 valence electrons. The fourth-order valence-corrected chi connectivity index (χ4v) is 4.82. The monoisotopic (exact) mass is 498 g/mol. The minimum atomic E-state index is -1.36. The molecule has 3 heterocycles. The second-order valence-corrected chi connectivity index (χ2v) is 8.99. The molecule has 2 aromatic carbocycles. The van der Waals surface area contributed by atoms with Crippen LogP contribution < -0.4 is 15.1 Å². The van der Waals surface area contributed by atoms with Crippen LogP contribution in [0.3, 0.4) is 0 Å². The lowest BCUT2D eigenvalue weighted by Gasteiger charge is -2.38. The van der Waals surface area contributed by atoms with E-state index in [4.69, 9.17) is 4.74 Å². The number of carboxylic acids is 1. The SMILES string of the molecule is C[C@H]1COc2c(N3CCN(C/C(=N/O)c4ccc(F)cc4)CC3)c(F)cc3c(=O)c(C(=O)O)cn1c23. The first-order valence-electron chi connectivity index (χ1n) is 11.5. The number of hydrogen-bond acceptors (Lipinski definition) is 7. The van der Waals surface area contributed by atoms with Gasteiger partial charge in [-0.1, -0.05) is 17.3 Å². The average Bonchev–Trinajstić information content (AvgIpc) is 2.86. The molecule has 9 nitrogen and oxygen atoms in total. The molecule has 2 aliphatic rings. The first-order chi connectivity index (χ1) is 17.3. The van der Waals surface area contributed by atoms with Crippen molar-refractivity contribution in [1.82, 2.24) is 9.47 Å². The molecule has 0 saturated carbocycles. The van der Waals surface area contributed by atoms with Gasteiger partial charge in [0, 0.05) is 44.5 Å². The number of pyridine rings is 1. The summed E-state index contributed by atoms with van der Waals surface area (Å²) in [4.78, 5) is 28.2. The third-order valence-corrected chi connectivity index (χ3v) is 6.73. The van der Waals surface area contributed by atoms with Gasteiger partial charge < -0.3 is 24.5 Å². The fraction of sp³-hybridized carbons (Fsp3) is 0.320. The number of carbonyl (C=O) groups is 1. The molecule has 0 amide bonds. The van der Waals surface area contributed by atoms with Crippen molar-refractivity contribution in [2.75, 3.05) is 44.2 Å². The summed E-state index contributed by atoms with van der Waals surface area (Å²) in [6.45, 7) is 4.29. The van der Waals surface area contributed by atoms with E-state index in [1.54, 1.807) is 16.7 Å². The van der Waals surface area contributed by atoms with Crippen LogP contribution in [-0.4, -0.2) is 70.8 Å². The molecule has 0 spiro atoms. The zero-order chi connectivity index (χ0) is 25.6. The first-order valence-corrected chi connectivity index (χ1v) is 11.5.